The molecule has 7 nitrogen and oxygen atoms in total. The lowest BCUT2D eigenvalue weighted by atomic mass is 9.46. The van der Waals surface area contributed by atoms with Crippen molar-refractivity contribution in [1.29, 1.82) is 0 Å². The number of carbonyl (C=O) groups excluding carboxylic acids is 2. The van der Waals surface area contributed by atoms with Crippen LogP contribution in [0.5, 0.6) is 0 Å². The summed E-state index contributed by atoms with van der Waals surface area (Å²) in [6, 6.07) is 3.75. The van der Waals surface area contributed by atoms with Gasteiger partial charge in [0.15, 0.2) is 11.9 Å². The molecule has 2 aliphatic carbocycles. The molecular weight excluding hydrogens is 436 g/mol. The lowest BCUT2D eigenvalue weighted by Gasteiger charge is -2.62. The van der Waals surface area contributed by atoms with Crippen molar-refractivity contribution in [3.05, 3.63) is 48.0 Å². The summed E-state index contributed by atoms with van der Waals surface area (Å²) >= 11 is 0. The van der Waals surface area contributed by atoms with Crippen molar-refractivity contribution in [2.24, 2.45) is 22.7 Å². The third kappa shape index (κ3) is 3.83. The zero-order valence-electron chi connectivity index (χ0n) is 20.2. The molecule has 3 heterocycles. The fourth-order valence-electron chi connectivity index (χ4n) is 7.06. The minimum Gasteiger partial charge on any atom is -0.464 e. The van der Waals surface area contributed by atoms with Crippen LogP contribution >= 0.6 is 0 Å². The first-order valence-electron chi connectivity index (χ1n) is 12.2. The normalized spacial score (nSPS) is 41.0. The number of rotatable bonds is 4. The number of fused-ring (bicyclic) bond motifs is 3. The smallest absolute Gasteiger partial charge is 0.337 e. The summed E-state index contributed by atoms with van der Waals surface area (Å²) in [7, 11) is 0. The van der Waals surface area contributed by atoms with Gasteiger partial charge in [0.05, 0.1) is 24.5 Å². The highest BCUT2D eigenvalue weighted by atomic mass is 16.7. The number of carbonyl (C=O) groups is 2. The molecule has 2 aliphatic heterocycles. The number of ether oxygens (including phenoxy) is 4. The van der Waals surface area contributed by atoms with E-state index in [0.29, 0.717) is 30.3 Å². The van der Waals surface area contributed by atoms with Gasteiger partial charge in [-0.05, 0) is 61.5 Å². The first kappa shape index (κ1) is 23.4. The van der Waals surface area contributed by atoms with Gasteiger partial charge >= 0.3 is 11.9 Å². The number of hydrogen-bond donors (Lipinski definition) is 0. The fourth-order valence-corrected chi connectivity index (χ4v) is 7.06. The third-order valence-electron chi connectivity index (χ3n) is 8.75. The van der Waals surface area contributed by atoms with Gasteiger partial charge in [-0.15, -0.1) is 0 Å². The Morgan fingerprint density at radius 2 is 2.12 bits per heavy atom. The van der Waals surface area contributed by atoms with Gasteiger partial charge < -0.3 is 23.4 Å². The fraction of sp³-hybridized carbons (Fsp3) is 0.630. The van der Waals surface area contributed by atoms with E-state index in [0.717, 1.165) is 25.7 Å². The topological polar surface area (TPSA) is 84.2 Å². The van der Waals surface area contributed by atoms with Crippen molar-refractivity contribution in [3.63, 3.8) is 0 Å². The quantitative estimate of drug-likeness (QED) is 0.352. The maximum Gasteiger partial charge on any atom is 0.337 e. The molecule has 2 saturated heterocycles. The monoisotopic (exact) mass is 470 g/mol. The van der Waals surface area contributed by atoms with Crippen LogP contribution in [0.3, 0.4) is 0 Å². The van der Waals surface area contributed by atoms with Gasteiger partial charge in [-0.25, -0.2) is 4.79 Å². The van der Waals surface area contributed by atoms with E-state index in [1.807, 2.05) is 18.2 Å². The van der Waals surface area contributed by atoms with Crippen LogP contribution in [0, 0.1) is 22.7 Å². The molecule has 2 unspecified atom stereocenters. The van der Waals surface area contributed by atoms with Gasteiger partial charge in [0.1, 0.15) is 6.61 Å². The Labute approximate surface area is 200 Å². The average Bonchev–Trinajstić information content (AvgIpc) is 3.43. The molecule has 184 valence electrons. The van der Waals surface area contributed by atoms with Gasteiger partial charge in [0.25, 0.3) is 0 Å². The van der Waals surface area contributed by atoms with Crippen LogP contribution < -0.4 is 0 Å². The first-order chi connectivity index (χ1) is 16.2. The Kier molecular flexibility index (Phi) is 5.97. The number of hydrogen-bond acceptors (Lipinski definition) is 7. The van der Waals surface area contributed by atoms with Gasteiger partial charge in [-0.1, -0.05) is 32.1 Å². The second-order valence-corrected chi connectivity index (χ2v) is 10.7. The molecule has 0 spiro atoms. The van der Waals surface area contributed by atoms with E-state index in [2.05, 4.69) is 20.4 Å². The van der Waals surface area contributed by atoms with E-state index >= 15 is 0 Å². The van der Waals surface area contributed by atoms with Crippen LogP contribution in [0.2, 0.25) is 0 Å². The first-order valence-corrected chi connectivity index (χ1v) is 12.2. The molecule has 4 fully saturated rings. The summed E-state index contributed by atoms with van der Waals surface area (Å²) in [5.74, 6) is 0.501. The minimum atomic E-state index is -0.627. The van der Waals surface area contributed by atoms with E-state index < -0.39 is 24.3 Å². The second kappa shape index (κ2) is 8.68. The molecule has 0 N–H and O–H groups in total. The molecule has 4 aliphatic rings. The lowest BCUT2D eigenvalue weighted by molar-refractivity contribution is -0.311. The molecule has 1 aromatic heterocycles. The summed E-state index contributed by atoms with van der Waals surface area (Å²) < 4.78 is 28.6. The zero-order chi connectivity index (χ0) is 24.1. The second-order valence-electron chi connectivity index (χ2n) is 10.7. The zero-order valence-corrected chi connectivity index (χ0v) is 20.2. The number of cyclic esters (lactones) is 1. The van der Waals surface area contributed by atoms with Crippen molar-refractivity contribution in [3.8, 4) is 0 Å². The highest BCUT2D eigenvalue weighted by Crippen LogP contribution is 2.63. The van der Waals surface area contributed by atoms with E-state index in [1.54, 1.807) is 6.26 Å². The van der Waals surface area contributed by atoms with E-state index in [9.17, 15) is 9.59 Å². The molecule has 34 heavy (non-hydrogen) atoms. The predicted molar refractivity (Wildman–Crippen MR) is 122 cm³/mol. The maximum atomic E-state index is 12.3. The van der Waals surface area contributed by atoms with E-state index in [-0.39, 0.29) is 29.5 Å². The molecule has 7 heteroatoms. The molecule has 5 rings (SSSR count). The summed E-state index contributed by atoms with van der Waals surface area (Å²) in [6.07, 6.45) is 7.18. The summed E-state index contributed by atoms with van der Waals surface area (Å²) in [5.41, 5.74) is 1.55. The van der Waals surface area contributed by atoms with Gasteiger partial charge in [0, 0.05) is 12.3 Å². The number of furan rings is 1. The number of allylic oxidation sites excluding steroid dienone is 2. The van der Waals surface area contributed by atoms with Crippen LogP contribution in [0.1, 0.15) is 64.9 Å². The van der Waals surface area contributed by atoms with Crippen LogP contribution in [0.25, 0.3) is 0 Å². The van der Waals surface area contributed by atoms with E-state index in [4.69, 9.17) is 23.4 Å². The van der Waals surface area contributed by atoms with Crippen LogP contribution in [0.15, 0.2) is 46.6 Å². The summed E-state index contributed by atoms with van der Waals surface area (Å²) in [4.78, 5) is 23.8. The molecule has 2 saturated carbocycles. The Morgan fingerprint density at radius 1 is 1.29 bits per heavy atom. The SMILES string of the molecule is C=C1CC[C@@H]2[C@]3(C)COC(c4ccco4)O[C@@H]3CC[C@@]2(C)[C@@H]1C/C=C1/C(=O)OCC1OC(C)=O. The van der Waals surface area contributed by atoms with Gasteiger partial charge in [0.2, 0.25) is 6.29 Å². The third-order valence-corrected chi connectivity index (χ3v) is 8.75. The molecule has 0 bridgehead atoms. The summed E-state index contributed by atoms with van der Waals surface area (Å²) in [6.45, 7) is 11.1. The number of esters is 2. The standard InChI is InChI=1S/C27H34O7/c1-16-7-10-22-26(3,19(16)9-8-18-21(33-17(2)28)14-31-24(18)29)12-11-23-27(22,4)15-32-25(34-23)20-6-5-13-30-20/h5-6,8,13,19,21-23,25H,1,7,9-12,14-15H2,2-4H3/b18-8+/t19-,21?,22+,23-,25?,26+,27+/m1/s1. The molecule has 7 atom stereocenters. The minimum absolute atomic E-state index is 0.00131. The highest BCUT2D eigenvalue weighted by Gasteiger charge is 2.60. The average molecular weight is 471 g/mol. The maximum absolute atomic E-state index is 12.3. The Hall–Kier alpha value is -2.38. The largest absolute Gasteiger partial charge is 0.464 e. The Bertz CT molecular complexity index is 995. The Morgan fingerprint density at radius 3 is 2.85 bits per heavy atom. The van der Waals surface area contributed by atoms with Crippen LogP contribution in [-0.2, 0) is 28.5 Å². The predicted octanol–water partition coefficient (Wildman–Crippen LogP) is 4.89. The lowest BCUT2D eigenvalue weighted by Crippen LogP contribution is -2.60. The summed E-state index contributed by atoms with van der Waals surface area (Å²) in [5, 5.41) is 0. The van der Waals surface area contributed by atoms with Crippen LogP contribution in [-0.4, -0.2) is 37.4 Å². The van der Waals surface area contributed by atoms with Crippen molar-refractivity contribution in [2.45, 2.75) is 71.4 Å². The highest BCUT2D eigenvalue weighted by molar-refractivity contribution is 5.92. The van der Waals surface area contributed by atoms with Crippen molar-refractivity contribution in [1.82, 2.24) is 0 Å². The van der Waals surface area contributed by atoms with Crippen molar-refractivity contribution < 1.29 is 33.0 Å². The van der Waals surface area contributed by atoms with Crippen molar-refractivity contribution >= 4 is 11.9 Å². The van der Waals surface area contributed by atoms with Crippen molar-refractivity contribution in [2.75, 3.05) is 13.2 Å². The molecule has 0 amide bonds. The van der Waals surface area contributed by atoms with Gasteiger partial charge in [-0.3, -0.25) is 4.79 Å². The molecule has 0 radical (unpaired) electrons. The Balaban J connectivity index is 1.37. The van der Waals surface area contributed by atoms with Gasteiger partial charge in [-0.2, -0.15) is 0 Å². The molecule has 0 aromatic carbocycles. The molecular formula is C27H34O7. The van der Waals surface area contributed by atoms with Crippen LogP contribution in [0.4, 0.5) is 0 Å². The van der Waals surface area contributed by atoms with E-state index in [1.165, 1.54) is 12.5 Å². The molecule has 1 aromatic rings.